The van der Waals surface area contributed by atoms with Gasteiger partial charge in [0.15, 0.2) is 5.82 Å². The molecule has 4 aromatic rings. The Labute approximate surface area is 238 Å². The fourth-order valence-electron chi connectivity index (χ4n) is 3.53. The molecule has 0 spiro atoms. The second-order valence-electron chi connectivity index (χ2n) is 8.24. The highest BCUT2D eigenvalue weighted by molar-refractivity contribution is 6.32. The molecule has 0 atom stereocenters. The molecule has 0 unspecified atom stereocenters. The molecule has 0 aliphatic carbocycles. The Morgan fingerprint density at radius 1 is 1.14 bits per heavy atom. The van der Waals surface area contributed by atoms with E-state index >= 15 is 0 Å². The number of halogens is 4. The van der Waals surface area contributed by atoms with E-state index < -0.39 is 36.5 Å². The van der Waals surface area contributed by atoms with Crippen LogP contribution in [0.15, 0.2) is 36.5 Å². The summed E-state index contributed by atoms with van der Waals surface area (Å²) in [4.78, 5) is 42.6. The zero-order valence-corrected chi connectivity index (χ0v) is 22.1. The number of amides is 3. The minimum absolute atomic E-state index is 0.00916. The number of aryl methyl sites for hydroxylation is 1. The van der Waals surface area contributed by atoms with Gasteiger partial charge in [0.1, 0.15) is 12.2 Å². The van der Waals surface area contributed by atoms with E-state index in [1.54, 1.807) is 0 Å². The number of rotatable bonds is 6. The predicted molar refractivity (Wildman–Crippen MR) is 135 cm³/mol. The van der Waals surface area contributed by atoms with Gasteiger partial charge in [-0.05, 0) is 48.0 Å². The molecule has 3 heterocycles. The Balaban J connectivity index is 1.73. The number of hydrogen-bond acceptors (Lipinski definition) is 10. The summed E-state index contributed by atoms with van der Waals surface area (Å²) < 4.78 is 44.2. The van der Waals surface area contributed by atoms with Crippen molar-refractivity contribution >= 4 is 35.2 Å². The van der Waals surface area contributed by atoms with Gasteiger partial charge in [0.2, 0.25) is 0 Å². The van der Waals surface area contributed by atoms with Gasteiger partial charge in [-0.1, -0.05) is 11.6 Å². The van der Waals surface area contributed by atoms with Gasteiger partial charge in [0, 0.05) is 6.20 Å². The Morgan fingerprint density at radius 2 is 1.90 bits per heavy atom. The van der Waals surface area contributed by atoms with Gasteiger partial charge in [0.25, 0.3) is 17.6 Å². The SMILES string of the molecule is COC(=O)NNC(=O)c1cc(C#N)cc(C)c1NC(=O)c1cc(Cn2nnc(C(F)(F)F)n2)nn1-c1ncccc1Cl. The van der Waals surface area contributed by atoms with Crippen LogP contribution in [0.4, 0.5) is 23.7 Å². The van der Waals surface area contributed by atoms with Crippen molar-refractivity contribution in [2.75, 3.05) is 12.4 Å². The first-order valence-corrected chi connectivity index (χ1v) is 11.8. The number of hydrogen-bond donors (Lipinski definition) is 3. The van der Waals surface area contributed by atoms with Crippen molar-refractivity contribution in [1.29, 1.82) is 5.26 Å². The quantitative estimate of drug-likeness (QED) is 0.275. The number of carbonyl (C=O) groups is 3. The minimum Gasteiger partial charge on any atom is -0.452 e. The Bertz CT molecular complexity index is 1730. The summed E-state index contributed by atoms with van der Waals surface area (Å²) in [6, 6.07) is 8.72. The van der Waals surface area contributed by atoms with Crippen molar-refractivity contribution in [3.05, 3.63) is 75.5 Å². The van der Waals surface area contributed by atoms with Crippen LogP contribution in [0.25, 0.3) is 5.82 Å². The molecule has 0 saturated carbocycles. The van der Waals surface area contributed by atoms with E-state index in [4.69, 9.17) is 11.6 Å². The van der Waals surface area contributed by atoms with Gasteiger partial charge in [-0.3, -0.25) is 15.0 Å². The van der Waals surface area contributed by atoms with Crippen molar-refractivity contribution < 1.29 is 32.3 Å². The summed E-state index contributed by atoms with van der Waals surface area (Å²) in [5.41, 5.74) is 4.10. The molecule has 42 heavy (non-hydrogen) atoms. The summed E-state index contributed by atoms with van der Waals surface area (Å²) in [6.45, 7) is 1.11. The molecule has 4 rings (SSSR count). The van der Waals surface area contributed by atoms with E-state index in [1.807, 2.05) is 11.5 Å². The lowest BCUT2D eigenvalue weighted by Crippen LogP contribution is -2.42. The molecule has 15 nitrogen and oxygen atoms in total. The van der Waals surface area contributed by atoms with Crippen molar-refractivity contribution in [2.24, 2.45) is 0 Å². The minimum atomic E-state index is -4.82. The summed E-state index contributed by atoms with van der Waals surface area (Å²) in [5, 5.41) is 25.9. The molecule has 0 aliphatic heterocycles. The molecule has 0 radical (unpaired) electrons. The molecule has 0 saturated heterocycles. The van der Waals surface area contributed by atoms with E-state index in [-0.39, 0.29) is 39.0 Å². The van der Waals surface area contributed by atoms with Crippen LogP contribution < -0.4 is 16.2 Å². The molecule has 3 amide bonds. The standard InChI is InChI=1S/C23H17ClF3N11O4/c1-11-6-12(9-28)7-14(19(39)31-33-22(41)42-2)17(11)30-20(40)16-8-13(10-37-35-21(32-36-37)23(25,26)27)34-38(16)18-15(24)4-3-5-29-18/h3-8H,10H2,1-2H3,(H,30,40)(H,31,39)(H,33,41). The number of anilines is 1. The molecule has 19 heteroatoms. The van der Waals surface area contributed by atoms with Crippen LogP contribution in [0.5, 0.6) is 0 Å². The lowest BCUT2D eigenvalue weighted by Gasteiger charge is -2.15. The van der Waals surface area contributed by atoms with Crippen LogP contribution >= 0.6 is 11.6 Å². The maximum absolute atomic E-state index is 13.6. The zero-order chi connectivity index (χ0) is 30.6. The maximum atomic E-state index is 13.6. The van der Waals surface area contributed by atoms with Crippen LogP contribution in [-0.4, -0.2) is 60.0 Å². The highest BCUT2D eigenvalue weighted by Crippen LogP contribution is 2.27. The number of alkyl halides is 3. The van der Waals surface area contributed by atoms with Crippen molar-refractivity contribution in [1.82, 2.24) is 45.8 Å². The van der Waals surface area contributed by atoms with Gasteiger partial charge >= 0.3 is 12.3 Å². The number of ether oxygens (including phenoxy) is 1. The van der Waals surface area contributed by atoms with Crippen LogP contribution in [0.1, 0.15) is 43.5 Å². The molecule has 0 aliphatic rings. The molecule has 0 fully saturated rings. The predicted octanol–water partition coefficient (Wildman–Crippen LogP) is 2.41. The van der Waals surface area contributed by atoms with E-state index in [9.17, 15) is 32.8 Å². The molecular weight excluding hydrogens is 587 g/mol. The summed E-state index contributed by atoms with van der Waals surface area (Å²) >= 11 is 6.27. The number of nitriles is 1. The average Bonchev–Trinajstić information content (AvgIpc) is 3.60. The van der Waals surface area contributed by atoms with Crippen molar-refractivity contribution in [2.45, 2.75) is 19.6 Å². The van der Waals surface area contributed by atoms with E-state index in [0.29, 0.717) is 10.4 Å². The second-order valence-corrected chi connectivity index (χ2v) is 8.64. The van der Waals surface area contributed by atoms with E-state index in [2.05, 4.69) is 41.0 Å². The number of pyridine rings is 1. The number of benzene rings is 1. The normalized spacial score (nSPS) is 11.0. The first-order chi connectivity index (χ1) is 19.9. The van der Waals surface area contributed by atoms with Gasteiger partial charge in [0.05, 0.1) is 40.7 Å². The molecule has 3 N–H and O–H groups in total. The summed E-state index contributed by atoms with van der Waals surface area (Å²) in [6.07, 6.45) is -4.42. The van der Waals surface area contributed by atoms with E-state index in [1.165, 1.54) is 43.5 Å². The first-order valence-electron chi connectivity index (χ1n) is 11.5. The number of methoxy groups -OCH3 is 1. The smallest absolute Gasteiger partial charge is 0.452 e. The van der Waals surface area contributed by atoms with Crippen molar-refractivity contribution in [3.63, 3.8) is 0 Å². The number of nitrogens with one attached hydrogen (secondary N) is 3. The van der Waals surface area contributed by atoms with Gasteiger partial charge in [-0.25, -0.2) is 19.9 Å². The fraction of sp³-hybridized carbons (Fsp3) is 0.174. The largest absolute Gasteiger partial charge is 0.455 e. The highest BCUT2D eigenvalue weighted by atomic mass is 35.5. The van der Waals surface area contributed by atoms with Gasteiger partial charge in [-0.15, -0.1) is 10.2 Å². The maximum Gasteiger partial charge on any atom is 0.455 e. The molecule has 216 valence electrons. The topological polar surface area (TPSA) is 195 Å². The Morgan fingerprint density at radius 3 is 2.55 bits per heavy atom. The first kappa shape index (κ1) is 29.4. The zero-order valence-electron chi connectivity index (χ0n) is 21.4. The number of hydrazine groups is 1. The Kier molecular flexibility index (Phi) is 8.33. The molecule has 3 aromatic heterocycles. The number of nitrogens with zero attached hydrogens (tertiary/aromatic N) is 8. The average molecular weight is 604 g/mol. The number of tetrazole rings is 1. The summed E-state index contributed by atoms with van der Waals surface area (Å²) in [7, 11) is 1.08. The fourth-order valence-corrected chi connectivity index (χ4v) is 3.73. The van der Waals surface area contributed by atoms with Crippen LogP contribution in [0.2, 0.25) is 5.02 Å². The Hall–Kier alpha value is -5.57. The van der Waals surface area contributed by atoms with Crippen LogP contribution in [-0.2, 0) is 17.5 Å². The summed E-state index contributed by atoms with van der Waals surface area (Å²) in [5.74, 6) is -3.19. The number of aromatic nitrogens is 7. The monoisotopic (exact) mass is 603 g/mol. The van der Waals surface area contributed by atoms with Crippen molar-refractivity contribution in [3.8, 4) is 11.9 Å². The highest BCUT2D eigenvalue weighted by Gasteiger charge is 2.37. The second kappa shape index (κ2) is 11.9. The lowest BCUT2D eigenvalue weighted by molar-refractivity contribution is -0.145. The number of carbonyl (C=O) groups excluding carboxylic acids is 3. The molecule has 0 bridgehead atoms. The third-order valence-electron chi connectivity index (χ3n) is 5.35. The molecular formula is C23H17ClF3N11O4. The van der Waals surface area contributed by atoms with Crippen LogP contribution in [0.3, 0.4) is 0 Å². The third kappa shape index (κ3) is 6.42. The molecule has 1 aromatic carbocycles. The van der Waals surface area contributed by atoms with Gasteiger partial charge in [-0.2, -0.15) is 28.3 Å². The lowest BCUT2D eigenvalue weighted by atomic mass is 10.0. The third-order valence-corrected chi connectivity index (χ3v) is 5.65. The van der Waals surface area contributed by atoms with Gasteiger partial charge < -0.3 is 10.1 Å². The van der Waals surface area contributed by atoms with E-state index in [0.717, 1.165) is 11.8 Å². The van der Waals surface area contributed by atoms with Crippen LogP contribution in [0, 0.1) is 18.3 Å².